The Kier molecular flexibility index (Phi) is 1.56. The average Bonchev–Trinajstić information content (AvgIpc) is 2.91. The molecule has 0 spiro atoms. The van der Waals surface area contributed by atoms with Gasteiger partial charge < -0.3 is 4.57 Å². The fourth-order valence-electron chi connectivity index (χ4n) is 1.76. The summed E-state index contributed by atoms with van der Waals surface area (Å²) in [4.78, 5) is 12.5. The number of imidazole rings is 1. The number of fused-ring (bicyclic) bond motifs is 1. The van der Waals surface area contributed by atoms with E-state index in [-0.39, 0.29) is 0 Å². The van der Waals surface area contributed by atoms with Gasteiger partial charge in [-0.05, 0) is 19.8 Å². The summed E-state index contributed by atoms with van der Waals surface area (Å²) < 4.78 is 2.16. The Balaban J connectivity index is 2.37. The number of hydrogen-bond acceptors (Lipinski definition) is 3. The molecule has 1 aliphatic rings. The standard InChI is InChI=1S/C9H9ClN4/c1-5-13-7-8(10)11-4-12-9(7)14(5)6-2-3-6/h4,6H,2-3H2,1H3. The molecule has 0 bridgehead atoms. The third-order valence-corrected chi connectivity index (χ3v) is 2.80. The number of halogens is 1. The van der Waals surface area contributed by atoms with E-state index in [1.165, 1.54) is 19.2 Å². The molecule has 0 radical (unpaired) electrons. The molecule has 0 atom stereocenters. The molecule has 1 fully saturated rings. The quantitative estimate of drug-likeness (QED) is 0.675. The molecule has 0 aromatic carbocycles. The van der Waals surface area contributed by atoms with Gasteiger partial charge in [-0.3, -0.25) is 0 Å². The van der Waals surface area contributed by atoms with Crippen LogP contribution in [0, 0.1) is 6.92 Å². The second-order valence-electron chi connectivity index (χ2n) is 3.60. The molecule has 0 N–H and O–H groups in total. The van der Waals surface area contributed by atoms with E-state index in [0.717, 1.165) is 17.0 Å². The third-order valence-electron chi connectivity index (χ3n) is 2.52. The lowest BCUT2D eigenvalue weighted by Gasteiger charge is -2.01. The fraction of sp³-hybridized carbons (Fsp3) is 0.444. The first-order valence-corrected chi connectivity index (χ1v) is 5.00. The maximum Gasteiger partial charge on any atom is 0.165 e. The van der Waals surface area contributed by atoms with Crippen LogP contribution in [0.2, 0.25) is 5.15 Å². The first kappa shape index (κ1) is 8.17. The monoisotopic (exact) mass is 208 g/mol. The summed E-state index contributed by atoms with van der Waals surface area (Å²) in [5, 5.41) is 0.442. The molecule has 4 nitrogen and oxygen atoms in total. The van der Waals surface area contributed by atoms with Crippen molar-refractivity contribution in [3.05, 3.63) is 17.3 Å². The Morgan fingerprint density at radius 3 is 2.93 bits per heavy atom. The summed E-state index contributed by atoms with van der Waals surface area (Å²) in [6.45, 7) is 1.98. The minimum absolute atomic E-state index is 0.442. The molecular formula is C9H9ClN4. The molecular weight excluding hydrogens is 200 g/mol. The number of hydrogen-bond donors (Lipinski definition) is 0. The number of rotatable bonds is 1. The van der Waals surface area contributed by atoms with Crippen LogP contribution in [0.3, 0.4) is 0 Å². The molecule has 2 aromatic rings. The highest BCUT2D eigenvalue weighted by atomic mass is 35.5. The molecule has 0 unspecified atom stereocenters. The SMILES string of the molecule is Cc1nc2c(Cl)ncnc2n1C1CC1. The van der Waals surface area contributed by atoms with Crippen LogP contribution in [0.4, 0.5) is 0 Å². The van der Waals surface area contributed by atoms with Crippen molar-refractivity contribution in [1.29, 1.82) is 0 Å². The van der Waals surface area contributed by atoms with Gasteiger partial charge in [0.2, 0.25) is 0 Å². The van der Waals surface area contributed by atoms with E-state index in [2.05, 4.69) is 19.5 Å². The van der Waals surface area contributed by atoms with E-state index in [4.69, 9.17) is 11.6 Å². The van der Waals surface area contributed by atoms with Gasteiger partial charge in [-0.25, -0.2) is 15.0 Å². The summed E-state index contributed by atoms with van der Waals surface area (Å²) >= 11 is 5.94. The largest absolute Gasteiger partial charge is 0.310 e. The lowest BCUT2D eigenvalue weighted by Crippen LogP contribution is -1.97. The Morgan fingerprint density at radius 1 is 1.43 bits per heavy atom. The predicted molar refractivity (Wildman–Crippen MR) is 53.3 cm³/mol. The Bertz CT molecular complexity index is 501. The van der Waals surface area contributed by atoms with Crippen molar-refractivity contribution in [2.75, 3.05) is 0 Å². The molecule has 1 saturated carbocycles. The second kappa shape index (κ2) is 2.67. The molecule has 2 heterocycles. The molecule has 3 rings (SSSR count). The number of aryl methyl sites for hydroxylation is 1. The van der Waals surface area contributed by atoms with Crippen LogP contribution in [-0.2, 0) is 0 Å². The van der Waals surface area contributed by atoms with Gasteiger partial charge in [0.05, 0.1) is 0 Å². The van der Waals surface area contributed by atoms with Gasteiger partial charge in [0, 0.05) is 6.04 Å². The average molecular weight is 209 g/mol. The van der Waals surface area contributed by atoms with Gasteiger partial charge in [-0.15, -0.1) is 0 Å². The van der Waals surface area contributed by atoms with Crippen LogP contribution in [0.5, 0.6) is 0 Å². The lowest BCUT2D eigenvalue weighted by atomic mass is 10.5. The van der Waals surface area contributed by atoms with Crippen LogP contribution in [0.25, 0.3) is 11.2 Å². The molecule has 0 saturated heterocycles. The smallest absolute Gasteiger partial charge is 0.165 e. The zero-order chi connectivity index (χ0) is 9.71. The van der Waals surface area contributed by atoms with Gasteiger partial charge in [0.1, 0.15) is 17.7 Å². The summed E-state index contributed by atoms with van der Waals surface area (Å²) in [7, 11) is 0. The summed E-state index contributed by atoms with van der Waals surface area (Å²) in [5.74, 6) is 0.977. The van der Waals surface area contributed by atoms with Gasteiger partial charge >= 0.3 is 0 Å². The molecule has 0 aliphatic heterocycles. The number of aromatic nitrogens is 4. The molecule has 72 valence electrons. The van der Waals surface area contributed by atoms with Crippen molar-refractivity contribution in [3.8, 4) is 0 Å². The van der Waals surface area contributed by atoms with Crippen molar-refractivity contribution in [1.82, 2.24) is 19.5 Å². The zero-order valence-corrected chi connectivity index (χ0v) is 8.49. The Hall–Kier alpha value is -1.16. The normalized spacial score (nSPS) is 16.4. The van der Waals surface area contributed by atoms with Crippen molar-refractivity contribution in [3.63, 3.8) is 0 Å². The minimum Gasteiger partial charge on any atom is -0.310 e. The van der Waals surface area contributed by atoms with Gasteiger partial charge in [0.15, 0.2) is 10.8 Å². The second-order valence-corrected chi connectivity index (χ2v) is 3.95. The minimum atomic E-state index is 0.442. The maximum absolute atomic E-state index is 5.94. The van der Waals surface area contributed by atoms with Crippen LogP contribution >= 0.6 is 11.6 Å². The van der Waals surface area contributed by atoms with Crippen LogP contribution < -0.4 is 0 Å². The van der Waals surface area contributed by atoms with Gasteiger partial charge in [-0.2, -0.15) is 0 Å². The molecule has 1 aliphatic carbocycles. The van der Waals surface area contributed by atoms with Crippen LogP contribution in [0.1, 0.15) is 24.7 Å². The maximum atomic E-state index is 5.94. The summed E-state index contributed by atoms with van der Waals surface area (Å²) in [6, 6.07) is 0.575. The molecule has 5 heteroatoms. The fourth-order valence-corrected chi connectivity index (χ4v) is 1.93. The van der Waals surface area contributed by atoms with E-state index in [9.17, 15) is 0 Å². The van der Waals surface area contributed by atoms with E-state index in [1.807, 2.05) is 6.92 Å². The van der Waals surface area contributed by atoms with Crippen LogP contribution in [0.15, 0.2) is 6.33 Å². The highest BCUT2D eigenvalue weighted by Crippen LogP contribution is 2.38. The number of nitrogens with zero attached hydrogens (tertiary/aromatic N) is 4. The van der Waals surface area contributed by atoms with Gasteiger partial charge in [0.25, 0.3) is 0 Å². The first-order valence-electron chi connectivity index (χ1n) is 4.62. The van der Waals surface area contributed by atoms with Crippen molar-refractivity contribution in [2.24, 2.45) is 0 Å². The van der Waals surface area contributed by atoms with E-state index in [1.54, 1.807) is 0 Å². The molecule has 14 heavy (non-hydrogen) atoms. The summed E-state index contributed by atoms with van der Waals surface area (Å²) in [5.41, 5.74) is 1.59. The lowest BCUT2D eigenvalue weighted by molar-refractivity contribution is 0.726. The van der Waals surface area contributed by atoms with E-state index < -0.39 is 0 Å². The topological polar surface area (TPSA) is 43.6 Å². The summed E-state index contributed by atoms with van der Waals surface area (Å²) in [6.07, 6.45) is 3.92. The third kappa shape index (κ3) is 1.04. The van der Waals surface area contributed by atoms with Crippen LogP contribution in [-0.4, -0.2) is 19.5 Å². The van der Waals surface area contributed by atoms with Crippen molar-refractivity contribution in [2.45, 2.75) is 25.8 Å². The Morgan fingerprint density at radius 2 is 2.21 bits per heavy atom. The van der Waals surface area contributed by atoms with E-state index >= 15 is 0 Å². The highest BCUT2D eigenvalue weighted by molar-refractivity contribution is 6.33. The molecule has 2 aromatic heterocycles. The Labute approximate surface area is 85.9 Å². The molecule has 0 amide bonds. The van der Waals surface area contributed by atoms with E-state index in [0.29, 0.717) is 11.2 Å². The van der Waals surface area contributed by atoms with Gasteiger partial charge in [-0.1, -0.05) is 11.6 Å². The first-order chi connectivity index (χ1) is 6.77. The van der Waals surface area contributed by atoms with Crippen molar-refractivity contribution >= 4 is 22.8 Å². The van der Waals surface area contributed by atoms with Crippen molar-refractivity contribution < 1.29 is 0 Å². The predicted octanol–water partition coefficient (Wildman–Crippen LogP) is 2.12. The zero-order valence-electron chi connectivity index (χ0n) is 7.74. The highest BCUT2D eigenvalue weighted by Gasteiger charge is 2.28.